The van der Waals surface area contributed by atoms with Crippen LogP contribution < -0.4 is 5.32 Å². The van der Waals surface area contributed by atoms with Crippen molar-refractivity contribution in [1.29, 1.82) is 0 Å². The molecule has 0 aliphatic rings. The van der Waals surface area contributed by atoms with Crippen LogP contribution in [0.2, 0.25) is 5.02 Å². The Morgan fingerprint density at radius 3 is 2.63 bits per heavy atom. The van der Waals surface area contributed by atoms with Gasteiger partial charge in [-0.15, -0.1) is 0 Å². The van der Waals surface area contributed by atoms with Crippen LogP contribution in [-0.2, 0) is 6.54 Å². The normalized spacial score (nSPS) is 12.4. The summed E-state index contributed by atoms with van der Waals surface area (Å²) in [6.45, 7) is 5.07. The molecular formula is C16H17BrClN. The fraction of sp³-hybridized carbons (Fsp3) is 0.250. The molecule has 0 aliphatic heterocycles. The molecule has 0 spiro atoms. The average molecular weight is 339 g/mol. The van der Waals surface area contributed by atoms with Crippen molar-refractivity contribution in [3.05, 3.63) is 68.7 Å². The maximum atomic E-state index is 6.20. The molecule has 0 fully saturated rings. The van der Waals surface area contributed by atoms with E-state index in [2.05, 4.69) is 59.4 Å². The first-order chi connectivity index (χ1) is 9.08. The molecule has 100 valence electrons. The number of nitrogens with one attached hydrogen (secondary N) is 1. The third kappa shape index (κ3) is 3.82. The van der Waals surface area contributed by atoms with E-state index in [4.69, 9.17) is 11.6 Å². The highest BCUT2D eigenvalue weighted by Crippen LogP contribution is 2.23. The van der Waals surface area contributed by atoms with Crippen molar-refractivity contribution in [2.45, 2.75) is 26.4 Å². The van der Waals surface area contributed by atoms with E-state index in [1.54, 1.807) is 0 Å². The smallest absolute Gasteiger partial charge is 0.0453 e. The molecule has 1 N–H and O–H groups in total. The maximum absolute atomic E-state index is 6.20. The van der Waals surface area contributed by atoms with E-state index in [1.807, 2.05) is 18.2 Å². The zero-order valence-electron chi connectivity index (χ0n) is 11.1. The van der Waals surface area contributed by atoms with Crippen molar-refractivity contribution in [2.24, 2.45) is 0 Å². The van der Waals surface area contributed by atoms with Gasteiger partial charge in [-0.05, 0) is 42.7 Å². The van der Waals surface area contributed by atoms with Gasteiger partial charge in [-0.2, -0.15) is 0 Å². The summed E-state index contributed by atoms with van der Waals surface area (Å²) in [5.41, 5.74) is 3.67. The standard InChI is InChI=1S/C16H17BrClN/c1-11-9-13(7-8-15(11)17)10-19-12(2)14-5-3-4-6-16(14)18/h3-9,12,19H,10H2,1-2H3/t12-/m0/s1. The number of hydrogen-bond acceptors (Lipinski definition) is 1. The highest BCUT2D eigenvalue weighted by Gasteiger charge is 2.08. The lowest BCUT2D eigenvalue weighted by molar-refractivity contribution is 0.574. The van der Waals surface area contributed by atoms with Crippen LogP contribution in [0.1, 0.15) is 29.7 Å². The summed E-state index contributed by atoms with van der Waals surface area (Å²) >= 11 is 9.72. The van der Waals surface area contributed by atoms with Gasteiger partial charge in [0.1, 0.15) is 0 Å². The van der Waals surface area contributed by atoms with Crippen molar-refractivity contribution in [3.63, 3.8) is 0 Å². The lowest BCUT2D eigenvalue weighted by atomic mass is 10.1. The molecule has 2 rings (SSSR count). The van der Waals surface area contributed by atoms with E-state index in [0.717, 1.165) is 21.6 Å². The molecule has 0 unspecified atom stereocenters. The maximum Gasteiger partial charge on any atom is 0.0453 e. The first-order valence-electron chi connectivity index (χ1n) is 6.31. The van der Waals surface area contributed by atoms with Gasteiger partial charge in [-0.3, -0.25) is 0 Å². The first kappa shape index (κ1) is 14.6. The summed E-state index contributed by atoms with van der Waals surface area (Å²) in [6.07, 6.45) is 0. The molecule has 3 heteroatoms. The second kappa shape index (κ2) is 6.56. The predicted molar refractivity (Wildman–Crippen MR) is 85.6 cm³/mol. The third-order valence-corrected chi connectivity index (χ3v) is 4.44. The van der Waals surface area contributed by atoms with E-state index in [-0.39, 0.29) is 6.04 Å². The monoisotopic (exact) mass is 337 g/mol. The zero-order chi connectivity index (χ0) is 13.8. The van der Waals surface area contributed by atoms with Gasteiger partial charge in [0.05, 0.1) is 0 Å². The molecule has 1 nitrogen and oxygen atoms in total. The second-order valence-electron chi connectivity index (χ2n) is 4.71. The van der Waals surface area contributed by atoms with Gasteiger partial charge in [-0.25, -0.2) is 0 Å². The lowest BCUT2D eigenvalue weighted by Gasteiger charge is -2.16. The van der Waals surface area contributed by atoms with E-state index in [1.165, 1.54) is 11.1 Å². The summed E-state index contributed by atoms with van der Waals surface area (Å²) in [5.74, 6) is 0. The predicted octanol–water partition coefficient (Wildman–Crippen LogP) is 5.26. The fourth-order valence-corrected chi connectivity index (χ4v) is 2.57. The van der Waals surface area contributed by atoms with Crippen molar-refractivity contribution in [3.8, 4) is 0 Å². The number of rotatable bonds is 4. The molecule has 0 saturated heterocycles. The molecule has 0 aliphatic carbocycles. The van der Waals surface area contributed by atoms with Crippen molar-refractivity contribution < 1.29 is 0 Å². The Labute approximate surface area is 128 Å². The van der Waals surface area contributed by atoms with Crippen LogP contribution in [0.3, 0.4) is 0 Å². The molecule has 0 amide bonds. The van der Waals surface area contributed by atoms with E-state index >= 15 is 0 Å². The molecular weight excluding hydrogens is 322 g/mol. The Morgan fingerprint density at radius 2 is 1.95 bits per heavy atom. The van der Waals surface area contributed by atoms with Gasteiger partial charge in [0.25, 0.3) is 0 Å². The summed E-state index contributed by atoms with van der Waals surface area (Å²) in [5, 5.41) is 4.32. The van der Waals surface area contributed by atoms with E-state index < -0.39 is 0 Å². The summed E-state index contributed by atoms with van der Waals surface area (Å²) < 4.78 is 1.15. The molecule has 0 bridgehead atoms. The van der Waals surface area contributed by atoms with Crippen LogP contribution in [0.4, 0.5) is 0 Å². The Kier molecular flexibility index (Phi) is 5.03. The highest BCUT2D eigenvalue weighted by atomic mass is 79.9. The number of halogens is 2. The number of aryl methyl sites for hydroxylation is 1. The van der Waals surface area contributed by atoms with Gasteiger partial charge in [0.2, 0.25) is 0 Å². The van der Waals surface area contributed by atoms with Gasteiger partial charge in [-0.1, -0.05) is 57.9 Å². The minimum atomic E-state index is 0.234. The molecule has 2 aromatic rings. The van der Waals surface area contributed by atoms with Crippen molar-refractivity contribution >= 4 is 27.5 Å². The van der Waals surface area contributed by atoms with Crippen molar-refractivity contribution in [1.82, 2.24) is 5.32 Å². The summed E-state index contributed by atoms with van der Waals surface area (Å²) in [7, 11) is 0. The van der Waals surface area contributed by atoms with Crippen LogP contribution in [0, 0.1) is 6.92 Å². The Hall–Kier alpha value is -0.830. The van der Waals surface area contributed by atoms with Crippen LogP contribution >= 0.6 is 27.5 Å². The van der Waals surface area contributed by atoms with E-state index in [0.29, 0.717) is 0 Å². The largest absolute Gasteiger partial charge is 0.306 e. The Balaban J connectivity index is 2.02. The van der Waals surface area contributed by atoms with Gasteiger partial charge >= 0.3 is 0 Å². The topological polar surface area (TPSA) is 12.0 Å². The highest BCUT2D eigenvalue weighted by molar-refractivity contribution is 9.10. The number of benzene rings is 2. The lowest BCUT2D eigenvalue weighted by Crippen LogP contribution is -2.18. The average Bonchev–Trinajstić information content (AvgIpc) is 2.40. The van der Waals surface area contributed by atoms with Crippen LogP contribution in [0.5, 0.6) is 0 Å². The SMILES string of the molecule is Cc1cc(CN[C@@H](C)c2ccccc2Cl)ccc1Br. The molecule has 0 saturated carbocycles. The van der Waals surface area contributed by atoms with Gasteiger partial charge in [0, 0.05) is 22.1 Å². The quantitative estimate of drug-likeness (QED) is 0.801. The van der Waals surface area contributed by atoms with Crippen LogP contribution in [0.25, 0.3) is 0 Å². The van der Waals surface area contributed by atoms with Gasteiger partial charge < -0.3 is 5.32 Å². The van der Waals surface area contributed by atoms with Crippen molar-refractivity contribution in [2.75, 3.05) is 0 Å². The Bertz CT molecular complexity index is 568. The molecule has 1 atom stereocenters. The van der Waals surface area contributed by atoms with Crippen LogP contribution in [-0.4, -0.2) is 0 Å². The van der Waals surface area contributed by atoms with Gasteiger partial charge in [0.15, 0.2) is 0 Å². The molecule has 0 aromatic heterocycles. The van der Waals surface area contributed by atoms with Crippen LogP contribution in [0.15, 0.2) is 46.9 Å². The minimum absolute atomic E-state index is 0.234. The number of hydrogen-bond donors (Lipinski definition) is 1. The fourth-order valence-electron chi connectivity index (χ4n) is 2.02. The second-order valence-corrected chi connectivity index (χ2v) is 5.97. The molecule has 2 aromatic carbocycles. The minimum Gasteiger partial charge on any atom is -0.306 e. The zero-order valence-corrected chi connectivity index (χ0v) is 13.4. The molecule has 0 radical (unpaired) electrons. The third-order valence-electron chi connectivity index (χ3n) is 3.21. The molecule has 0 heterocycles. The Morgan fingerprint density at radius 1 is 1.21 bits per heavy atom. The first-order valence-corrected chi connectivity index (χ1v) is 7.48. The molecule has 19 heavy (non-hydrogen) atoms. The summed E-state index contributed by atoms with van der Waals surface area (Å²) in [4.78, 5) is 0. The van der Waals surface area contributed by atoms with E-state index in [9.17, 15) is 0 Å². The summed E-state index contributed by atoms with van der Waals surface area (Å²) in [6, 6.07) is 14.6.